The Morgan fingerprint density at radius 1 is 1.31 bits per heavy atom. The highest BCUT2D eigenvalue weighted by Crippen LogP contribution is 2.33. The van der Waals surface area contributed by atoms with E-state index in [1.807, 2.05) is 6.92 Å². The quantitative estimate of drug-likeness (QED) is 0.273. The topological polar surface area (TPSA) is 110 Å². The Morgan fingerprint density at radius 2 is 2.03 bits per heavy atom. The molecule has 1 N–H and O–H groups in total. The second kappa shape index (κ2) is 9.24. The Balaban J connectivity index is 1.63. The van der Waals surface area contributed by atoms with Gasteiger partial charge in [0.2, 0.25) is 0 Å². The minimum absolute atomic E-state index is 0.0708. The molecule has 1 fully saturated rings. The van der Waals surface area contributed by atoms with Gasteiger partial charge in [0.15, 0.2) is 5.82 Å². The fourth-order valence-electron chi connectivity index (χ4n) is 3.72. The van der Waals surface area contributed by atoms with E-state index >= 15 is 0 Å². The lowest BCUT2D eigenvalue weighted by Gasteiger charge is -2.44. The van der Waals surface area contributed by atoms with Crippen molar-refractivity contribution in [3.63, 3.8) is 0 Å². The molecule has 0 saturated carbocycles. The van der Waals surface area contributed by atoms with Crippen molar-refractivity contribution in [1.29, 1.82) is 0 Å². The number of fused-ring (bicyclic) bond motifs is 1. The number of amides is 1. The highest BCUT2D eigenvalue weighted by atomic mass is 35.5. The average molecular weight is 512 g/mol. The van der Waals surface area contributed by atoms with Gasteiger partial charge in [-0.15, -0.1) is 0 Å². The lowest BCUT2D eigenvalue weighted by Crippen LogP contribution is -2.57. The standard InChI is InChI=1S/C25H23ClFN5O4/c1-24(2,3)36-23(33)31-12-25(4,13-31)9-8-15-10-19-16(11-20(15)32(34)35)22(29-14-28-19)30-18-7-5-6-17(26)21(18)27/h5-7,10-11,14H,12-13H2,1-4H3,(H,28,29,30). The van der Waals surface area contributed by atoms with E-state index in [0.717, 1.165) is 0 Å². The molecule has 4 rings (SSSR count). The number of ether oxygens (including phenoxy) is 1. The molecule has 1 saturated heterocycles. The molecule has 0 radical (unpaired) electrons. The normalized spacial score (nSPS) is 14.4. The third-order valence-corrected chi connectivity index (χ3v) is 5.68. The number of anilines is 2. The Morgan fingerprint density at radius 3 is 2.69 bits per heavy atom. The molecule has 3 aromatic rings. The molecule has 0 spiro atoms. The Kier molecular flexibility index (Phi) is 6.45. The van der Waals surface area contributed by atoms with Crippen LogP contribution in [0.1, 0.15) is 33.3 Å². The molecule has 0 aliphatic carbocycles. The smallest absolute Gasteiger partial charge is 0.410 e. The van der Waals surface area contributed by atoms with Crippen LogP contribution in [0.25, 0.3) is 10.9 Å². The van der Waals surface area contributed by atoms with E-state index in [-0.39, 0.29) is 27.8 Å². The number of carbonyl (C=O) groups excluding carboxylic acids is 1. The van der Waals surface area contributed by atoms with Crippen LogP contribution < -0.4 is 5.32 Å². The second-order valence-electron chi connectivity index (χ2n) is 9.74. The number of nitrogens with zero attached hydrogens (tertiary/aromatic N) is 4. The fourth-order valence-corrected chi connectivity index (χ4v) is 3.89. The van der Waals surface area contributed by atoms with Crippen molar-refractivity contribution in [3.05, 3.63) is 63.2 Å². The summed E-state index contributed by atoms with van der Waals surface area (Å²) in [6.45, 7) is 7.93. The Hall–Kier alpha value is -3.97. The van der Waals surface area contributed by atoms with E-state index in [9.17, 15) is 19.3 Å². The van der Waals surface area contributed by atoms with Crippen LogP contribution in [-0.4, -0.2) is 44.6 Å². The van der Waals surface area contributed by atoms with Gasteiger partial charge in [-0.25, -0.2) is 19.2 Å². The Bertz CT molecular complexity index is 1440. The number of rotatable bonds is 3. The van der Waals surface area contributed by atoms with Crippen molar-refractivity contribution >= 4 is 45.8 Å². The van der Waals surface area contributed by atoms with Gasteiger partial charge in [-0.3, -0.25) is 10.1 Å². The van der Waals surface area contributed by atoms with Gasteiger partial charge in [0, 0.05) is 24.5 Å². The number of carbonyl (C=O) groups is 1. The van der Waals surface area contributed by atoms with Gasteiger partial charge in [0.25, 0.3) is 5.69 Å². The van der Waals surface area contributed by atoms with E-state index in [1.54, 1.807) is 26.8 Å². The van der Waals surface area contributed by atoms with Gasteiger partial charge in [-0.2, -0.15) is 0 Å². The van der Waals surface area contributed by atoms with Gasteiger partial charge >= 0.3 is 6.09 Å². The molecule has 36 heavy (non-hydrogen) atoms. The van der Waals surface area contributed by atoms with Crippen LogP contribution >= 0.6 is 11.6 Å². The maximum atomic E-state index is 14.4. The molecule has 0 bridgehead atoms. The summed E-state index contributed by atoms with van der Waals surface area (Å²) in [5.74, 6) is 5.47. The molecular weight excluding hydrogens is 489 g/mol. The summed E-state index contributed by atoms with van der Waals surface area (Å²) in [7, 11) is 0. The first kappa shape index (κ1) is 25.1. The molecule has 1 aliphatic heterocycles. The highest BCUT2D eigenvalue weighted by molar-refractivity contribution is 6.31. The van der Waals surface area contributed by atoms with Crippen LogP contribution in [-0.2, 0) is 4.74 Å². The molecule has 9 nitrogen and oxygen atoms in total. The average Bonchev–Trinajstić information content (AvgIpc) is 2.77. The third-order valence-electron chi connectivity index (χ3n) is 5.38. The van der Waals surface area contributed by atoms with Crippen molar-refractivity contribution in [3.8, 4) is 11.8 Å². The number of likely N-dealkylation sites (tertiary alicyclic amines) is 1. The molecule has 1 aliphatic rings. The number of halogens is 2. The second-order valence-corrected chi connectivity index (χ2v) is 10.1. The van der Waals surface area contributed by atoms with Crippen LogP contribution in [0.5, 0.6) is 0 Å². The zero-order valence-corrected chi connectivity index (χ0v) is 20.8. The minimum atomic E-state index is -0.669. The van der Waals surface area contributed by atoms with Crippen LogP contribution in [0.2, 0.25) is 5.02 Å². The molecule has 1 amide bonds. The zero-order chi connectivity index (χ0) is 26.3. The molecule has 0 unspecified atom stereocenters. The third kappa shape index (κ3) is 5.31. The first-order valence-corrected chi connectivity index (χ1v) is 11.4. The van der Waals surface area contributed by atoms with Crippen molar-refractivity contribution in [2.75, 3.05) is 18.4 Å². The van der Waals surface area contributed by atoms with Gasteiger partial charge in [0.05, 0.1) is 26.6 Å². The van der Waals surface area contributed by atoms with E-state index in [1.165, 1.54) is 35.5 Å². The van der Waals surface area contributed by atoms with Crippen molar-refractivity contribution < 1.29 is 18.8 Å². The van der Waals surface area contributed by atoms with E-state index in [2.05, 4.69) is 27.1 Å². The van der Waals surface area contributed by atoms with E-state index in [0.29, 0.717) is 24.0 Å². The summed E-state index contributed by atoms with van der Waals surface area (Å²) >= 11 is 5.85. The summed E-state index contributed by atoms with van der Waals surface area (Å²) in [5, 5.41) is 14.9. The molecular formula is C25H23ClFN5O4. The highest BCUT2D eigenvalue weighted by Gasteiger charge is 2.42. The van der Waals surface area contributed by atoms with Gasteiger partial charge in [0.1, 0.15) is 23.3 Å². The molecule has 11 heteroatoms. The first-order chi connectivity index (χ1) is 16.8. The monoisotopic (exact) mass is 511 g/mol. The fraction of sp³-hybridized carbons (Fsp3) is 0.320. The lowest BCUT2D eigenvalue weighted by molar-refractivity contribution is -0.385. The molecule has 2 aromatic carbocycles. The minimum Gasteiger partial charge on any atom is -0.444 e. The zero-order valence-electron chi connectivity index (χ0n) is 20.1. The summed E-state index contributed by atoms with van der Waals surface area (Å²) in [5.41, 5.74) is -0.758. The van der Waals surface area contributed by atoms with Gasteiger partial charge in [-0.05, 0) is 45.9 Å². The van der Waals surface area contributed by atoms with Crippen molar-refractivity contribution in [1.82, 2.24) is 14.9 Å². The lowest BCUT2D eigenvalue weighted by atomic mass is 9.83. The number of nitro benzene ring substituents is 1. The summed E-state index contributed by atoms with van der Waals surface area (Å²) in [4.78, 5) is 33.4. The van der Waals surface area contributed by atoms with Crippen LogP contribution in [0.15, 0.2) is 36.7 Å². The predicted molar refractivity (Wildman–Crippen MR) is 134 cm³/mol. The maximum Gasteiger partial charge on any atom is 0.410 e. The van der Waals surface area contributed by atoms with Gasteiger partial charge < -0.3 is 15.0 Å². The van der Waals surface area contributed by atoms with E-state index in [4.69, 9.17) is 16.3 Å². The van der Waals surface area contributed by atoms with Crippen LogP contribution in [0.4, 0.5) is 26.4 Å². The SMILES string of the molecule is CC1(C#Cc2cc3ncnc(Nc4cccc(Cl)c4F)c3cc2[N+](=O)[O-])CN(C(=O)OC(C)(C)C)C1. The van der Waals surface area contributed by atoms with Crippen LogP contribution in [0.3, 0.4) is 0 Å². The molecule has 0 atom stereocenters. The molecule has 1 aromatic heterocycles. The number of hydrogen-bond donors (Lipinski definition) is 1. The van der Waals surface area contributed by atoms with E-state index < -0.39 is 27.8 Å². The largest absolute Gasteiger partial charge is 0.444 e. The Labute approximate surface area is 211 Å². The molecule has 186 valence electrons. The number of aromatic nitrogens is 2. The summed E-state index contributed by atoms with van der Waals surface area (Å²) in [6, 6.07) is 7.25. The summed E-state index contributed by atoms with van der Waals surface area (Å²) < 4.78 is 19.7. The first-order valence-electron chi connectivity index (χ1n) is 11.0. The molecule has 2 heterocycles. The predicted octanol–water partition coefficient (Wildman–Crippen LogP) is 5.68. The van der Waals surface area contributed by atoms with Crippen molar-refractivity contribution in [2.45, 2.75) is 33.3 Å². The van der Waals surface area contributed by atoms with Crippen LogP contribution in [0, 0.1) is 33.2 Å². The van der Waals surface area contributed by atoms with Crippen molar-refractivity contribution in [2.24, 2.45) is 5.41 Å². The number of nitrogens with one attached hydrogen (secondary N) is 1. The van der Waals surface area contributed by atoms with Gasteiger partial charge in [-0.1, -0.05) is 29.5 Å². The number of hydrogen-bond acceptors (Lipinski definition) is 7. The summed E-state index contributed by atoms with van der Waals surface area (Å²) in [6.07, 6.45) is 0.841. The number of nitro groups is 1. The maximum absolute atomic E-state index is 14.4. The number of benzene rings is 2.